The van der Waals surface area contributed by atoms with E-state index in [0.29, 0.717) is 33.5 Å². The molecule has 5 rings (SSSR count). The number of hydrogen-bond donors (Lipinski definition) is 1. The zero-order valence-electron chi connectivity index (χ0n) is 22.4. The number of carbonyl (C=O) groups is 3. The molecule has 1 N–H and O–H groups in total. The molecule has 1 saturated heterocycles. The highest BCUT2D eigenvalue weighted by Crippen LogP contribution is 2.31. The van der Waals surface area contributed by atoms with Gasteiger partial charge in [0.25, 0.3) is 17.8 Å². The fourth-order valence-electron chi connectivity index (χ4n) is 4.28. The number of aliphatic imine (C=N–C) groups is 1. The quantitative estimate of drug-likeness (QED) is 0.318. The highest BCUT2D eigenvalue weighted by Gasteiger charge is 2.50. The van der Waals surface area contributed by atoms with Crippen molar-refractivity contribution in [2.75, 3.05) is 28.3 Å². The van der Waals surface area contributed by atoms with Crippen molar-refractivity contribution >= 4 is 41.7 Å². The molecule has 41 heavy (non-hydrogen) atoms. The summed E-state index contributed by atoms with van der Waals surface area (Å²) in [4.78, 5) is 46.9. The van der Waals surface area contributed by atoms with Crippen LogP contribution in [-0.4, -0.2) is 105 Å². The maximum absolute atomic E-state index is 12.7. The summed E-state index contributed by atoms with van der Waals surface area (Å²) >= 11 is 6.16. The molecule has 4 amide bonds. The molecule has 2 aromatic carbocycles. The van der Waals surface area contributed by atoms with E-state index in [1.807, 2.05) is 0 Å². The number of rotatable bonds is 7. The first-order valence-electron chi connectivity index (χ1n) is 12.2. The minimum atomic E-state index is -0.706. The SMILES string of the molecule is COc1cc(/C=N\NC(=O)Cn2nnc(-c3ccccc3Cl)n2)ccc1OC1=N[C@H]2[C@H](C(=O)N(C)C(=O)N2C)N1C. The first kappa shape index (κ1) is 27.5. The van der Waals surface area contributed by atoms with Gasteiger partial charge >= 0.3 is 6.03 Å². The Bertz CT molecular complexity index is 1570. The first-order chi connectivity index (χ1) is 19.7. The number of aromatic nitrogens is 4. The third-order valence-corrected chi connectivity index (χ3v) is 6.79. The van der Waals surface area contributed by atoms with E-state index in [4.69, 9.17) is 21.1 Å². The van der Waals surface area contributed by atoms with Crippen LogP contribution in [0.4, 0.5) is 4.79 Å². The van der Waals surface area contributed by atoms with E-state index < -0.39 is 24.1 Å². The van der Waals surface area contributed by atoms with E-state index in [0.717, 1.165) is 9.70 Å². The van der Waals surface area contributed by atoms with Gasteiger partial charge < -0.3 is 19.3 Å². The normalized spacial score (nSPS) is 18.6. The third-order valence-electron chi connectivity index (χ3n) is 6.46. The average Bonchev–Trinajstić information content (AvgIpc) is 3.55. The van der Waals surface area contributed by atoms with Crippen molar-refractivity contribution in [2.24, 2.45) is 10.1 Å². The Morgan fingerprint density at radius 2 is 1.90 bits per heavy atom. The van der Waals surface area contributed by atoms with E-state index in [1.54, 1.807) is 61.5 Å². The summed E-state index contributed by atoms with van der Waals surface area (Å²) in [6.07, 6.45) is 0.722. The number of hydrazone groups is 1. The number of amidine groups is 1. The maximum Gasteiger partial charge on any atom is 0.328 e. The number of halogens is 1. The Hall–Kier alpha value is -5.05. The van der Waals surface area contributed by atoms with Crippen molar-refractivity contribution < 1.29 is 23.9 Å². The monoisotopic (exact) mass is 580 g/mol. The summed E-state index contributed by atoms with van der Waals surface area (Å²) in [6.45, 7) is -0.207. The second kappa shape index (κ2) is 11.2. The molecule has 2 aliphatic rings. The van der Waals surface area contributed by atoms with Gasteiger partial charge in [0.2, 0.25) is 5.82 Å². The number of imide groups is 1. The van der Waals surface area contributed by atoms with Crippen LogP contribution in [0.15, 0.2) is 52.6 Å². The summed E-state index contributed by atoms with van der Waals surface area (Å²) in [6, 6.07) is 11.1. The fraction of sp³-hybridized carbons (Fsp3) is 0.280. The standard InChI is InChI=1S/C25H25ClN10O5/c1-33-20-22(34(2)25(39)35(3)23(20)38)28-24(33)41-17-10-9-14(11-18(17)40-4)12-27-29-19(37)13-36-31-21(30-32-36)15-7-5-6-8-16(15)26/h5-12,20,22H,13H2,1-4H3,(H,29,37)/b27-12-/t20-,22-/m1/s1. The molecule has 0 aliphatic carbocycles. The van der Waals surface area contributed by atoms with Crippen LogP contribution in [0, 0.1) is 0 Å². The Morgan fingerprint density at radius 1 is 1.12 bits per heavy atom. The van der Waals surface area contributed by atoms with Gasteiger partial charge in [0, 0.05) is 26.7 Å². The van der Waals surface area contributed by atoms with Crippen LogP contribution in [0.5, 0.6) is 11.5 Å². The van der Waals surface area contributed by atoms with Gasteiger partial charge in [-0.25, -0.2) is 15.2 Å². The molecule has 0 unspecified atom stereocenters. The molecule has 3 heterocycles. The molecule has 16 heteroatoms. The largest absolute Gasteiger partial charge is 0.493 e. The van der Waals surface area contributed by atoms with Crippen LogP contribution in [-0.2, 0) is 16.1 Å². The Morgan fingerprint density at radius 3 is 2.66 bits per heavy atom. The van der Waals surface area contributed by atoms with Crippen LogP contribution in [0.2, 0.25) is 5.02 Å². The number of urea groups is 1. The van der Waals surface area contributed by atoms with Crippen LogP contribution in [0.1, 0.15) is 5.56 Å². The summed E-state index contributed by atoms with van der Waals surface area (Å²) < 4.78 is 11.4. The first-order valence-corrected chi connectivity index (χ1v) is 12.6. The van der Waals surface area contributed by atoms with E-state index in [1.165, 1.54) is 25.3 Å². The van der Waals surface area contributed by atoms with E-state index >= 15 is 0 Å². The van der Waals surface area contributed by atoms with Crippen LogP contribution < -0.4 is 14.9 Å². The highest BCUT2D eigenvalue weighted by molar-refractivity contribution is 6.33. The minimum Gasteiger partial charge on any atom is -0.493 e. The molecule has 3 aromatic rings. The number of tetrazole rings is 1. The number of nitrogens with one attached hydrogen (secondary N) is 1. The number of benzene rings is 2. The summed E-state index contributed by atoms with van der Waals surface area (Å²) in [7, 11) is 6.15. The Balaban J connectivity index is 1.21. The van der Waals surface area contributed by atoms with E-state index in [9.17, 15) is 14.4 Å². The summed E-state index contributed by atoms with van der Waals surface area (Å²) in [5.41, 5.74) is 3.62. The zero-order valence-corrected chi connectivity index (χ0v) is 23.2. The molecule has 0 saturated carbocycles. The third kappa shape index (κ3) is 5.38. The smallest absolute Gasteiger partial charge is 0.328 e. The lowest BCUT2D eigenvalue weighted by Crippen LogP contribution is -2.63. The Kier molecular flexibility index (Phi) is 7.52. The lowest BCUT2D eigenvalue weighted by molar-refractivity contribution is -0.135. The number of likely N-dealkylation sites (N-methyl/N-ethyl adjacent to an activating group) is 3. The second-order valence-corrected chi connectivity index (χ2v) is 9.51. The number of methoxy groups -OCH3 is 1. The van der Waals surface area contributed by atoms with Gasteiger partial charge in [-0.15, -0.1) is 10.2 Å². The van der Waals surface area contributed by atoms with E-state index in [-0.39, 0.29) is 18.5 Å². The van der Waals surface area contributed by atoms with Crippen molar-refractivity contribution in [3.8, 4) is 22.9 Å². The molecule has 0 spiro atoms. The number of carbonyl (C=O) groups excluding carboxylic acids is 3. The van der Waals surface area contributed by atoms with Crippen molar-refractivity contribution in [1.29, 1.82) is 0 Å². The topological polar surface area (TPSA) is 160 Å². The van der Waals surface area contributed by atoms with Crippen molar-refractivity contribution in [1.82, 2.24) is 40.3 Å². The van der Waals surface area contributed by atoms with Crippen molar-refractivity contribution in [3.05, 3.63) is 53.1 Å². The predicted octanol–water partition coefficient (Wildman–Crippen LogP) is 1.05. The molecule has 0 bridgehead atoms. The Labute approximate surface area is 239 Å². The number of amides is 4. The van der Waals surface area contributed by atoms with Crippen LogP contribution >= 0.6 is 11.6 Å². The van der Waals surface area contributed by atoms with Gasteiger partial charge in [0.1, 0.15) is 6.54 Å². The average molecular weight is 581 g/mol. The molecule has 15 nitrogen and oxygen atoms in total. The van der Waals surface area contributed by atoms with Gasteiger partial charge in [-0.05, 0) is 41.1 Å². The number of ether oxygens (including phenoxy) is 2. The predicted molar refractivity (Wildman–Crippen MR) is 146 cm³/mol. The van der Waals surface area contributed by atoms with Crippen molar-refractivity contribution in [3.63, 3.8) is 0 Å². The highest BCUT2D eigenvalue weighted by atomic mass is 35.5. The maximum atomic E-state index is 12.7. The summed E-state index contributed by atoms with van der Waals surface area (Å²) in [5, 5.41) is 16.4. The fourth-order valence-corrected chi connectivity index (χ4v) is 4.50. The van der Waals surface area contributed by atoms with Crippen LogP contribution in [0.3, 0.4) is 0 Å². The second-order valence-electron chi connectivity index (χ2n) is 9.10. The molecule has 1 fully saturated rings. The van der Waals surface area contributed by atoms with Gasteiger partial charge in [-0.1, -0.05) is 23.7 Å². The van der Waals surface area contributed by atoms with Gasteiger partial charge in [-0.2, -0.15) is 9.90 Å². The molecular weight excluding hydrogens is 556 g/mol. The molecule has 2 aliphatic heterocycles. The number of nitrogens with zero attached hydrogens (tertiary/aromatic N) is 9. The van der Waals surface area contributed by atoms with Gasteiger partial charge in [-0.3, -0.25) is 14.5 Å². The van der Waals surface area contributed by atoms with E-state index in [2.05, 4.69) is 30.9 Å². The lowest BCUT2D eigenvalue weighted by atomic mass is 10.1. The van der Waals surface area contributed by atoms with Crippen molar-refractivity contribution in [2.45, 2.75) is 18.8 Å². The zero-order chi connectivity index (χ0) is 29.3. The minimum absolute atomic E-state index is 0.162. The van der Waals surface area contributed by atoms with Gasteiger partial charge in [0.05, 0.1) is 18.3 Å². The molecule has 212 valence electrons. The molecule has 1 aromatic heterocycles. The van der Waals surface area contributed by atoms with Crippen LogP contribution in [0.25, 0.3) is 11.4 Å². The number of fused-ring (bicyclic) bond motifs is 1. The number of hydrogen-bond acceptors (Lipinski definition) is 11. The summed E-state index contributed by atoms with van der Waals surface area (Å²) in [5.74, 6) is 0.152. The van der Waals surface area contributed by atoms with Gasteiger partial charge in [0.15, 0.2) is 23.7 Å². The molecule has 2 atom stereocenters. The molecular formula is C25H25ClN10O5. The molecule has 0 radical (unpaired) electrons. The lowest BCUT2D eigenvalue weighted by Gasteiger charge is -2.38.